The van der Waals surface area contributed by atoms with E-state index in [0.29, 0.717) is 6.54 Å². The number of carbonyl (C=O) groups excluding carboxylic acids is 1. The van der Waals surface area contributed by atoms with E-state index in [-0.39, 0.29) is 5.78 Å². The molecular weight excluding hydrogens is 392 g/mol. The van der Waals surface area contributed by atoms with Gasteiger partial charge in [-0.15, -0.1) is 0 Å². The van der Waals surface area contributed by atoms with Gasteiger partial charge in [0, 0.05) is 40.8 Å². The zero-order chi connectivity index (χ0) is 20.9. The molecule has 0 radical (unpaired) electrons. The molecule has 0 saturated carbocycles. The quantitative estimate of drug-likeness (QED) is 0.353. The lowest BCUT2D eigenvalue weighted by Gasteiger charge is -2.18. The summed E-state index contributed by atoms with van der Waals surface area (Å²) in [6.07, 6.45) is 2.81. The van der Waals surface area contributed by atoms with Crippen molar-refractivity contribution in [2.24, 2.45) is 0 Å². The summed E-state index contributed by atoms with van der Waals surface area (Å²) in [5, 5.41) is 5.23. The van der Waals surface area contributed by atoms with Crippen molar-refractivity contribution < 1.29 is 4.79 Å². The third-order valence-electron chi connectivity index (χ3n) is 5.47. The molecule has 0 unspecified atom stereocenters. The molecule has 0 aliphatic carbocycles. The van der Waals surface area contributed by atoms with Crippen molar-refractivity contribution in [1.82, 2.24) is 9.88 Å². The third-order valence-corrected chi connectivity index (χ3v) is 5.72. The second-order valence-electron chi connectivity index (χ2n) is 7.38. The maximum absolute atomic E-state index is 13.7. The van der Waals surface area contributed by atoms with Crippen molar-refractivity contribution in [2.45, 2.75) is 25.9 Å². The highest BCUT2D eigenvalue weighted by molar-refractivity contribution is 6.30. The Hall–Kier alpha value is -2.88. The summed E-state index contributed by atoms with van der Waals surface area (Å²) in [5.74, 6) is 0.0979. The number of para-hydroxylation sites is 1. The number of benzene rings is 3. The standard InChI is InChI=1S/C26H25ClN2O/c1-2-29-18-23(22-10-6-7-11-24(22)29)26(30)25(20-8-4-3-5-9-20)28-17-16-19-12-14-21(27)15-13-19/h3-15,18,25,28H,2,16-17H2,1H3/t25-/m0/s1. The van der Waals surface area contributed by atoms with Gasteiger partial charge < -0.3 is 9.88 Å². The Balaban J connectivity index is 1.61. The van der Waals surface area contributed by atoms with Gasteiger partial charge in [-0.25, -0.2) is 0 Å². The van der Waals surface area contributed by atoms with E-state index < -0.39 is 6.04 Å². The molecule has 1 heterocycles. The predicted molar refractivity (Wildman–Crippen MR) is 124 cm³/mol. The lowest BCUT2D eigenvalue weighted by Crippen LogP contribution is -2.30. The highest BCUT2D eigenvalue weighted by Gasteiger charge is 2.24. The molecule has 1 aromatic heterocycles. The number of ketones is 1. The summed E-state index contributed by atoms with van der Waals surface area (Å²) < 4.78 is 2.14. The molecule has 0 aliphatic heterocycles. The number of rotatable bonds is 8. The topological polar surface area (TPSA) is 34.0 Å². The molecule has 0 fully saturated rings. The number of hydrogen-bond acceptors (Lipinski definition) is 2. The van der Waals surface area contributed by atoms with E-state index >= 15 is 0 Å². The molecule has 4 heteroatoms. The van der Waals surface area contributed by atoms with Gasteiger partial charge in [0.15, 0.2) is 5.78 Å². The van der Waals surface area contributed by atoms with E-state index in [9.17, 15) is 4.79 Å². The average Bonchev–Trinajstić information content (AvgIpc) is 3.17. The van der Waals surface area contributed by atoms with Crippen LogP contribution in [0.3, 0.4) is 0 Å². The van der Waals surface area contributed by atoms with Crippen LogP contribution >= 0.6 is 11.6 Å². The third kappa shape index (κ3) is 4.33. The normalized spacial score (nSPS) is 12.2. The molecular formula is C26H25ClN2O. The number of aromatic nitrogens is 1. The highest BCUT2D eigenvalue weighted by atomic mass is 35.5. The minimum Gasteiger partial charge on any atom is -0.347 e. The maximum atomic E-state index is 13.7. The minimum atomic E-state index is -0.394. The van der Waals surface area contributed by atoms with Gasteiger partial charge in [0.1, 0.15) is 0 Å². The van der Waals surface area contributed by atoms with E-state index in [1.54, 1.807) is 0 Å². The van der Waals surface area contributed by atoms with Crippen molar-refractivity contribution in [3.63, 3.8) is 0 Å². The van der Waals surface area contributed by atoms with Crippen LogP contribution in [0.1, 0.15) is 34.5 Å². The molecule has 30 heavy (non-hydrogen) atoms. The number of hydrogen-bond donors (Lipinski definition) is 1. The van der Waals surface area contributed by atoms with E-state index in [4.69, 9.17) is 11.6 Å². The number of Topliss-reactive ketones (excluding diaryl/α,β-unsaturated/α-hetero) is 1. The first-order chi connectivity index (χ1) is 14.7. The fraction of sp³-hybridized carbons (Fsp3) is 0.192. The summed E-state index contributed by atoms with van der Waals surface area (Å²) >= 11 is 5.98. The van der Waals surface area contributed by atoms with Crippen LogP contribution in [0.4, 0.5) is 0 Å². The number of nitrogens with one attached hydrogen (secondary N) is 1. The first kappa shape index (κ1) is 20.4. The van der Waals surface area contributed by atoms with Gasteiger partial charge in [-0.05, 0) is 42.7 Å². The molecule has 0 amide bonds. The van der Waals surface area contributed by atoms with Crippen molar-refractivity contribution >= 4 is 28.3 Å². The van der Waals surface area contributed by atoms with Crippen LogP contribution in [0, 0.1) is 0 Å². The molecule has 0 saturated heterocycles. The second-order valence-corrected chi connectivity index (χ2v) is 7.82. The van der Waals surface area contributed by atoms with Gasteiger partial charge in [0.2, 0.25) is 0 Å². The molecule has 0 aliphatic rings. The predicted octanol–water partition coefficient (Wildman–Crippen LogP) is 6.07. The van der Waals surface area contributed by atoms with Crippen molar-refractivity contribution in [2.75, 3.05) is 6.54 Å². The van der Waals surface area contributed by atoms with E-state index in [1.807, 2.05) is 79.0 Å². The first-order valence-corrected chi connectivity index (χ1v) is 10.7. The highest BCUT2D eigenvalue weighted by Crippen LogP contribution is 2.27. The van der Waals surface area contributed by atoms with E-state index in [0.717, 1.165) is 40.0 Å². The fourth-order valence-corrected chi connectivity index (χ4v) is 4.01. The average molecular weight is 417 g/mol. The van der Waals surface area contributed by atoms with Gasteiger partial charge in [0.25, 0.3) is 0 Å². The summed E-state index contributed by atoms with van der Waals surface area (Å²) in [4.78, 5) is 13.7. The number of carbonyl (C=O) groups is 1. The van der Waals surface area contributed by atoms with Crippen LogP contribution in [-0.4, -0.2) is 16.9 Å². The number of fused-ring (bicyclic) bond motifs is 1. The van der Waals surface area contributed by atoms with Crippen LogP contribution in [-0.2, 0) is 13.0 Å². The van der Waals surface area contributed by atoms with Crippen LogP contribution in [0.5, 0.6) is 0 Å². The van der Waals surface area contributed by atoms with Gasteiger partial charge in [-0.1, -0.05) is 72.3 Å². The number of halogens is 1. The zero-order valence-corrected chi connectivity index (χ0v) is 17.8. The molecule has 1 N–H and O–H groups in total. The van der Waals surface area contributed by atoms with Gasteiger partial charge in [-0.3, -0.25) is 4.79 Å². The lowest BCUT2D eigenvalue weighted by atomic mass is 9.96. The smallest absolute Gasteiger partial charge is 0.186 e. The van der Waals surface area contributed by atoms with Crippen LogP contribution in [0.2, 0.25) is 5.02 Å². The summed E-state index contributed by atoms with van der Waals surface area (Å²) in [5.41, 5.74) is 4.03. The molecule has 4 rings (SSSR count). The Kier molecular flexibility index (Phi) is 6.32. The van der Waals surface area contributed by atoms with Crippen molar-refractivity contribution in [1.29, 1.82) is 0 Å². The monoisotopic (exact) mass is 416 g/mol. The number of nitrogens with zero attached hydrogens (tertiary/aromatic N) is 1. The molecule has 4 aromatic rings. The van der Waals surface area contributed by atoms with Gasteiger partial charge in [0.05, 0.1) is 6.04 Å². The molecule has 3 aromatic carbocycles. The first-order valence-electron chi connectivity index (χ1n) is 10.3. The van der Waals surface area contributed by atoms with Crippen molar-refractivity contribution in [3.05, 3.63) is 107 Å². The van der Waals surface area contributed by atoms with Gasteiger partial charge in [-0.2, -0.15) is 0 Å². The number of aryl methyl sites for hydroxylation is 1. The Morgan fingerprint density at radius 1 is 0.967 bits per heavy atom. The van der Waals surface area contributed by atoms with Crippen molar-refractivity contribution in [3.8, 4) is 0 Å². The molecule has 3 nitrogen and oxygen atoms in total. The van der Waals surface area contributed by atoms with Crippen LogP contribution in [0.15, 0.2) is 85.1 Å². The van der Waals surface area contributed by atoms with Gasteiger partial charge >= 0.3 is 0 Å². The van der Waals surface area contributed by atoms with E-state index in [1.165, 1.54) is 5.56 Å². The maximum Gasteiger partial charge on any atom is 0.186 e. The molecule has 0 bridgehead atoms. The van der Waals surface area contributed by atoms with E-state index in [2.05, 4.69) is 22.9 Å². The largest absolute Gasteiger partial charge is 0.347 e. The second kappa shape index (κ2) is 9.29. The Labute approximate surface area is 182 Å². The molecule has 152 valence electrons. The summed E-state index contributed by atoms with van der Waals surface area (Å²) in [6.45, 7) is 3.62. The Bertz CT molecular complexity index is 1130. The summed E-state index contributed by atoms with van der Waals surface area (Å²) in [6, 6.07) is 25.5. The molecule has 0 spiro atoms. The Morgan fingerprint density at radius 2 is 1.67 bits per heavy atom. The molecule has 1 atom stereocenters. The minimum absolute atomic E-state index is 0.0979. The SMILES string of the molecule is CCn1cc(C(=O)[C@@H](NCCc2ccc(Cl)cc2)c2ccccc2)c2ccccc21. The Morgan fingerprint density at radius 3 is 2.40 bits per heavy atom. The summed E-state index contributed by atoms with van der Waals surface area (Å²) in [7, 11) is 0. The fourth-order valence-electron chi connectivity index (χ4n) is 3.88. The lowest BCUT2D eigenvalue weighted by molar-refractivity contribution is 0.0944. The zero-order valence-electron chi connectivity index (χ0n) is 17.0. The van der Waals surface area contributed by atoms with Crippen LogP contribution < -0.4 is 5.32 Å². The van der Waals surface area contributed by atoms with Crippen LogP contribution in [0.25, 0.3) is 10.9 Å².